The maximum atomic E-state index is 12.8. The quantitative estimate of drug-likeness (QED) is 0.710. The van der Waals surface area contributed by atoms with Gasteiger partial charge < -0.3 is 4.90 Å². The highest BCUT2D eigenvalue weighted by atomic mass is 32.2. The number of aryl methyl sites for hydroxylation is 1. The molecule has 0 N–H and O–H groups in total. The number of nitrogens with zero attached hydrogens (tertiary/aromatic N) is 4. The Labute approximate surface area is 153 Å². The second-order valence-corrected chi connectivity index (χ2v) is 8.36. The van der Waals surface area contributed by atoms with E-state index in [-0.39, 0.29) is 0 Å². The number of hydrogen-bond donors (Lipinski definition) is 0. The van der Waals surface area contributed by atoms with E-state index in [1.807, 2.05) is 43.3 Å². The lowest BCUT2D eigenvalue weighted by Gasteiger charge is -2.34. The van der Waals surface area contributed by atoms with Gasteiger partial charge in [-0.1, -0.05) is 29.8 Å². The summed E-state index contributed by atoms with van der Waals surface area (Å²) in [6, 6.07) is 14.7. The summed E-state index contributed by atoms with van der Waals surface area (Å²) >= 11 is 0. The molecular weight excluding hydrogens is 348 g/mol. The molecule has 134 valence electrons. The summed E-state index contributed by atoms with van der Waals surface area (Å²) in [6.45, 7) is 4.01. The number of fused-ring (bicyclic) bond motifs is 1. The first-order valence-electron chi connectivity index (χ1n) is 8.57. The molecule has 0 atom stereocenters. The van der Waals surface area contributed by atoms with Crippen LogP contribution in [0, 0.1) is 6.92 Å². The number of para-hydroxylation sites is 2. The van der Waals surface area contributed by atoms with E-state index in [9.17, 15) is 8.42 Å². The third-order valence-corrected chi connectivity index (χ3v) is 6.57. The minimum absolute atomic E-state index is 0.349. The van der Waals surface area contributed by atoms with E-state index in [1.165, 1.54) is 0 Å². The second-order valence-electron chi connectivity index (χ2n) is 6.42. The SMILES string of the molecule is Cc1ccc(S(=O)(=O)N2CCN(c3cnc4ccccc4n3)CC2)cc1. The van der Waals surface area contributed by atoms with Crippen molar-refractivity contribution in [1.82, 2.24) is 14.3 Å². The number of piperazine rings is 1. The number of benzene rings is 2. The summed E-state index contributed by atoms with van der Waals surface area (Å²) in [5.41, 5.74) is 2.75. The van der Waals surface area contributed by atoms with Crippen molar-refractivity contribution in [2.45, 2.75) is 11.8 Å². The lowest BCUT2D eigenvalue weighted by atomic mass is 10.2. The van der Waals surface area contributed by atoms with Crippen molar-refractivity contribution >= 4 is 26.9 Å². The molecule has 7 heteroatoms. The number of hydrogen-bond acceptors (Lipinski definition) is 5. The highest BCUT2D eigenvalue weighted by Gasteiger charge is 2.28. The number of anilines is 1. The minimum Gasteiger partial charge on any atom is -0.353 e. The topological polar surface area (TPSA) is 66.4 Å². The van der Waals surface area contributed by atoms with Crippen LogP contribution < -0.4 is 4.90 Å². The lowest BCUT2D eigenvalue weighted by Crippen LogP contribution is -2.48. The Hall–Kier alpha value is -2.51. The van der Waals surface area contributed by atoms with Crippen LogP contribution >= 0.6 is 0 Å². The average molecular weight is 368 g/mol. The van der Waals surface area contributed by atoms with Gasteiger partial charge in [-0.15, -0.1) is 0 Å². The van der Waals surface area contributed by atoms with Gasteiger partial charge in [-0.05, 0) is 31.2 Å². The van der Waals surface area contributed by atoms with Crippen molar-refractivity contribution in [3.8, 4) is 0 Å². The third-order valence-electron chi connectivity index (χ3n) is 4.66. The zero-order chi connectivity index (χ0) is 18.1. The summed E-state index contributed by atoms with van der Waals surface area (Å²) in [5, 5.41) is 0. The normalized spacial score (nSPS) is 16.1. The summed E-state index contributed by atoms with van der Waals surface area (Å²) in [7, 11) is -3.45. The molecule has 1 aromatic heterocycles. The van der Waals surface area contributed by atoms with Gasteiger partial charge in [0, 0.05) is 26.2 Å². The zero-order valence-electron chi connectivity index (χ0n) is 14.5. The molecule has 0 aliphatic carbocycles. The molecule has 26 heavy (non-hydrogen) atoms. The van der Waals surface area contributed by atoms with Gasteiger partial charge in [0.15, 0.2) is 0 Å². The Morgan fingerprint density at radius 2 is 1.54 bits per heavy atom. The van der Waals surface area contributed by atoms with Gasteiger partial charge in [-0.2, -0.15) is 4.31 Å². The number of rotatable bonds is 3. The summed E-state index contributed by atoms with van der Waals surface area (Å²) in [5.74, 6) is 0.788. The molecule has 1 aliphatic heterocycles. The third kappa shape index (κ3) is 3.15. The fourth-order valence-corrected chi connectivity index (χ4v) is 4.54. The van der Waals surface area contributed by atoms with Crippen LogP contribution in [0.4, 0.5) is 5.82 Å². The average Bonchev–Trinajstić information content (AvgIpc) is 2.68. The molecular formula is C19H20N4O2S. The van der Waals surface area contributed by atoms with Gasteiger partial charge in [0.2, 0.25) is 10.0 Å². The van der Waals surface area contributed by atoms with Crippen molar-refractivity contribution in [2.75, 3.05) is 31.1 Å². The molecule has 1 saturated heterocycles. The molecule has 1 fully saturated rings. The standard InChI is InChI=1S/C19H20N4O2S/c1-15-6-8-16(9-7-15)26(24,25)23-12-10-22(11-13-23)19-14-20-17-4-2-3-5-18(17)21-19/h2-9,14H,10-13H2,1H3. The predicted octanol–water partition coefficient (Wildman–Crippen LogP) is 2.45. The molecule has 3 aromatic rings. The molecule has 2 heterocycles. The van der Waals surface area contributed by atoms with Crippen LogP contribution in [-0.4, -0.2) is 48.9 Å². The van der Waals surface area contributed by atoms with Crippen LogP contribution in [0.25, 0.3) is 11.0 Å². The van der Waals surface area contributed by atoms with Crippen LogP contribution in [0.15, 0.2) is 59.6 Å². The Kier molecular flexibility index (Phi) is 4.34. The van der Waals surface area contributed by atoms with E-state index in [0.717, 1.165) is 22.4 Å². The van der Waals surface area contributed by atoms with E-state index in [2.05, 4.69) is 14.9 Å². The molecule has 0 amide bonds. The Balaban J connectivity index is 1.50. The second kappa shape index (κ2) is 6.66. The number of aromatic nitrogens is 2. The van der Waals surface area contributed by atoms with Gasteiger partial charge in [-0.3, -0.25) is 4.98 Å². The summed E-state index contributed by atoms with van der Waals surface area (Å²) in [6.07, 6.45) is 1.76. The molecule has 0 spiro atoms. The van der Waals surface area contributed by atoms with Crippen LogP contribution in [0.2, 0.25) is 0 Å². The zero-order valence-corrected chi connectivity index (χ0v) is 15.4. The van der Waals surface area contributed by atoms with E-state index in [1.54, 1.807) is 22.6 Å². The van der Waals surface area contributed by atoms with Gasteiger partial charge >= 0.3 is 0 Å². The van der Waals surface area contributed by atoms with Crippen LogP contribution in [0.5, 0.6) is 0 Å². The summed E-state index contributed by atoms with van der Waals surface area (Å²) < 4.78 is 27.1. The van der Waals surface area contributed by atoms with Crippen LogP contribution in [0.3, 0.4) is 0 Å². The monoisotopic (exact) mass is 368 g/mol. The highest BCUT2D eigenvalue weighted by molar-refractivity contribution is 7.89. The Bertz CT molecular complexity index is 1030. The van der Waals surface area contributed by atoms with E-state index < -0.39 is 10.0 Å². The van der Waals surface area contributed by atoms with Crippen molar-refractivity contribution in [3.63, 3.8) is 0 Å². The van der Waals surface area contributed by atoms with E-state index >= 15 is 0 Å². The first-order chi connectivity index (χ1) is 12.5. The lowest BCUT2D eigenvalue weighted by molar-refractivity contribution is 0.384. The highest BCUT2D eigenvalue weighted by Crippen LogP contribution is 2.21. The number of sulfonamides is 1. The predicted molar refractivity (Wildman–Crippen MR) is 102 cm³/mol. The molecule has 2 aromatic carbocycles. The van der Waals surface area contributed by atoms with Crippen molar-refractivity contribution < 1.29 is 8.42 Å². The smallest absolute Gasteiger partial charge is 0.243 e. The summed E-state index contributed by atoms with van der Waals surface area (Å²) in [4.78, 5) is 11.5. The molecule has 0 unspecified atom stereocenters. The van der Waals surface area contributed by atoms with E-state index in [4.69, 9.17) is 0 Å². The first-order valence-corrected chi connectivity index (χ1v) is 10.0. The molecule has 6 nitrogen and oxygen atoms in total. The maximum Gasteiger partial charge on any atom is 0.243 e. The first kappa shape index (κ1) is 16.9. The maximum absolute atomic E-state index is 12.8. The van der Waals surface area contributed by atoms with Crippen molar-refractivity contribution in [3.05, 3.63) is 60.3 Å². The van der Waals surface area contributed by atoms with Gasteiger partial charge in [-0.25, -0.2) is 13.4 Å². The molecule has 1 aliphatic rings. The molecule has 0 saturated carbocycles. The van der Waals surface area contributed by atoms with Crippen LogP contribution in [-0.2, 0) is 10.0 Å². The molecule has 4 rings (SSSR count). The van der Waals surface area contributed by atoms with Gasteiger partial charge in [0.1, 0.15) is 5.82 Å². The van der Waals surface area contributed by atoms with Crippen LogP contribution in [0.1, 0.15) is 5.56 Å². The van der Waals surface area contributed by atoms with Crippen molar-refractivity contribution in [2.24, 2.45) is 0 Å². The van der Waals surface area contributed by atoms with E-state index in [0.29, 0.717) is 31.1 Å². The fraction of sp³-hybridized carbons (Fsp3) is 0.263. The molecule has 0 radical (unpaired) electrons. The minimum atomic E-state index is -3.45. The Morgan fingerprint density at radius 3 is 2.23 bits per heavy atom. The van der Waals surface area contributed by atoms with Gasteiger partial charge in [0.25, 0.3) is 0 Å². The Morgan fingerprint density at radius 1 is 0.885 bits per heavy atom. The molecule has 0 bridgehead atoms. The fourth-order valence-electron chi connectivity index (χ4n) is 3.12. The largest absolute Gasteiger partial charge is 0.353 e. The van der Waals surface area contributed by atoms with Gasteiger partial charge in [0.05, 0.1) is 22.1 Å². The van der Waals surface area contributed by atoms with Crippen molar-refractivity contribution in [1.29, 1.82) is 0 Å².